The number of halogens is 3. The first-order valence-corrected chi connectivity index (χ1v) is 9.03. The standard InChI is InChI=1S/C18H25F3N4O2/c1-13(18(19,20)21)24-7-9-25(10-8-24)17(22-2)23-11-14-12-26-15-5-3-4-6-16(15)27-14/h3-6,13-14H,7-12H2,1-2H3,(H,22,23). The van der Waals surface area contributed by atoms with E-state index >= 15 is 0 Å². The van der Waals surface area contributed by atoms with E-state index in [1.165, 1.54) is 11.8 Å². The smallest absolute Gasteiger partial charge is 0.403 e. The van der Waals surface area contributed by atoms with E-state index in [1.54, 1.807) is 7.05 Å². The van der Waals surface area contributed by atoms with Gasteiger partial charge in [0.2, 0.25) is 0 Å². The zero-order valence-electron chi connectivity index (χ0n) is 15.5. The molecule has 1 aromatic rings. The van der Waals surface area contributed by atoms with Gasteiger partial charge in [-0.2, -0.15) is 13.2 Å². The van der Waals surface area contributed by atoms with Crippen molar-refractivity contribution in [3.63, 3.8) is 0 Å². The summed E-state index contributed by atoms with van der Waals surface area (Å²) in [5.41, 5.74) is 0. The quantitative estimate of drug-likeness (QED) is 0.636. The molecule has 0 spiro atoms. The van der Waals surface area contributed by atoms with E-state index in [-0.39, 0.29) is 6.10 Å². The van der Waals surface area contributed by atoms with Gasteiger partial charge in [0.25, 0.3) is 0 Å². The number of nitrogens with one attached hydrogen (secondary N) is 1. The molecule has 0 amide bonds. The van der Waals surface area contributed by atoms with E-state index in [9.17, 15) is 13.2 Å². The number of hydrogen-bond donors (Lipinski definition) is 1. The number of benzene rings is 1. The van der Waals surface area contributed by atoms with Crippen LogP contribution in [0.4, 0.5) is 13.2 Å². The maximum atomic E-state index is 12.9. The molecule has 2 aliphatic heterocycles. The fraction of sp³-hybridized carbons (Fsp3) is 0.611. The molecule has 1 saturated heterocycles. The lowest BCUT2D eigenvalue weighted by Gasteiger charge is -2.40. The van der Waals surface area contributed by atoms with Gasteiger partial charge in [0.15, 0.2) is 17.5 Å². The average molecular weight is 386 g/mol. The summed E-state index contributed by atoms with van der Waals surface area (Å²) in [7, 11) is 1.67. The topological polar surface area (TPSA) is 49.3 Å². The normalized spacial score (nSPS) is 22.5. The van der Waals surface area contributed by atoms with Gasteiger partial charge >= 0.3 is 6.18 Å². The molecule has 0 saturated carbocycles. The van der Waals surface area contributed by atoms with Gasteiger partial charge in [0.05, 0.1) is 6.54 Å². The van der Waals surface area contributed by atoms with E-state index in [0.717, 1.165) is 5.75 Å². The number of nitrogens with zero attached hydrogens (tertiary/aromatic N) is 3. The largest absolute Gasteiger partial charge is 0.486 e. The lowest BCUT2D eigenvalue weighted by Crippen LogP contribution is -2.57. The summed E-state index contributed by atoms with van der Waals surface area (Å²) in [5.74, 6) is 2.10. The minimum absolute atomic E-state index is 0.164. The summed E-state index contributed by atoms with van der Waals surface area (Å²) in [6.07, 6.45) is -4.36. The summed E-state index contributed by atoms with van der Waals surface area (Å²) >= 11 is 0. The molecule has 1 fully saturated rings. The SMILES string of the molecule is CN=C(NCC1COc2ccccc2O1)N1CCN(C(C)C(F)(F)F)CC1. The number of alkyl halides is 3. The van der Waals surface area contributed by atoms with Crippen LogP contribution >= 0.6 is 0 Å². The third kappa shape index (κ3) is 4.77. The highest BCUT2D eigenvalue weighted by molar-refractivity contribution is 5.80. The van der Waals surface area contributed by atoms with Gasteiger partial charge in [-0.25, -0.2) is 0 Å². The molecule has 0 bridgehead atoms. The Morgan fingerprint density at radius 1 is 1.22 bits per heavy atom. The van der Waals surface area contributed by atoms with E-state index in [1.807, 2.05) is 29.2 Å². The number of aliphatic imine (C=N–C) groups is 1. The molecule has 27 heavy (non-hydrogen) atoms. The molecule has 0 aromatic heterocycles. The second kappa shape index (κ2) is 8.24. The molecule has 1 aromatic carbocycles. The Kier molecular flexibility index (Phi) is 5.98. The number of guanidine groups is 1. The Morgan fingerprint density at radius 2 is 1.89 bits per heavy atom. The molecule has 2 aliphatic rings. The zero-order chi connectivity index (χ0) is 19.4. The minimum Gasteiger partial charge on any atom is -0.486 e. The van der Waals surface area contributed by atoms with Gasteiger partial charge in [-0.05, 0) is 19.1 Å². The van der Waals surface area contributed by atoms with Crippen LogP contribution in [0.25, 0.3) is 0 Å². The van der Waals surface area contributed by atoms with Gasteiger partial charge in [0.1, 0.15) is 18.8 Å². The number of fused-ring (bicyclic) bond motifs is 1. The van der Waals surface area contributed by atoms with Crippen molar-refractivity contribution in [2.24, 2.45) is 4.99 Å². The van der Waals surface area contributed by atoms with E-state index < -0.39 is 12.2 Å². The second-order valence-corrected chi connectivity index (χ2v) is 6.67. The van der Waals surface area contributed by atoms with E-state index in [4.69, 9.17) is 9.47 Å². The summed E-state index contributed by atoms with van der Waals surface area (Å²) in [4.78, 5) is 7.68. The Balaban J connectivity index is 1.48. The van der Waals surface area contributed by atoms with Crippen LogP contribution in [0.15, 0.2) is 29.3 Å². The first-order valence-electron chi connectivity index (χ1n) is 9.03. The van der Waals surface area contributed by atoms with Crippen LogP contribution in [0.5, 0.6) is 11.5 Å². The van der Waals surface area contributed by atoms with Gasteiger partial charge in [-0.3, -0.25) is 9.89 Å². The van der Waals surface area contributed by atoms with Crippen molar-refractivity contribution in [1.29, 1.82) is 0 Å². The molecule has 150 valence electrons. The zero-order valence-corrected chi connectivity index (χ0v) is 15.5. The highest BCUT2D eigenvalue weighted by Crippen LogP contribution is 2.30. The van der Waals surface area contributed by atoms with Crippen LogP contribution < -0.4 is 14.8 Å². The fourth-order valence-corrected chi connectivity index (χ4v) is 3.23. The molecule has 2 unspecified atom stereocenters. The van der Waals surface area contributed by atoms with Crippen molar-refractivity contribution in [1.82, 2.24) is 15.1 Å². The summed E-state index contributed by atoms with van der Waals surface area (Å²) in [5, 5.41) is 3.24. The maximum absolute atomic E-state index is 12.9. The average Bonchev–Trinajstić information content (AvgIpc) is 2.67. The van der Waals surface area contributed by atoms with Gasteiger partial charge in [-0.1, -0.05) is 12.1 Å². The highest BCUT2D eigenvalue weighted by Gasteiger charge is 2.41. The number of para-hydroxylation sites is 2. The lowest BCUT2D eigenvalue weighted by molar-refractivity contribution is -0.181. The Bertz CT molecular complexity index is 660. The minimum atomic E-state index is -4.20. The van der Waals surface area contributed by atoms with Gasteiger partial charge in [0, 0.05) is 33.2 Å². The third-order valence-electron chi connectivity index (χ3n) is 4.90. The fourth-order valence-electron chi connectivity index (χ4n) is 3.23. The van der Waals surface area contributed by atoms with Crippen LogP contribution in [0.2, 0.25) is 0 Å². The van der Waals surface area contributed by atoms with Gasteiger partial charge < -0.3 is 19.7 Å². The summed E-state index contributed by atoms with van der Waals surface area (Å²) in [6.45, 7) is 3.81. The van der Waals surface area contributed by atoms with Crippen molar-refractivity contribution in [2.75, 3.05) is 46.4 Å². The lowest BCUT2D eigenvalue weighted by atomic mass is 10.2. The maximum Gasteiger partial charge on any atom is 0.403 e. The van der Waals surface area contributed by atoms with Crippen LogP contribution in [-0.4, -0.2) is 80.5 Å². The first-order chi connectivity index (χ1) is 12.9. The molecule has 3 rings (SSSR count). The van der Waals surface area contributed by atoms with Crippen LogP contribution in [0.3, 0.4) is 0 Å². The molecule has 2 heterocycles. The van der Waals surface area contributed by atoms with Crippen molar-refractivity contribution in [3.05, 3.63) is 24.3 Å². The molecule has 1 N–H and O–H groups in total. The molecule has 9 heteroatoms. The molecular formula is C18H25F3N4O2. The van der Waals surface area contributed by atoms with Crippen molar-refractivity contribution >= 4 is 5.96 Å². The predicted octanol–water partition coefficient (Wildman–Crippen LogP) is 1.97. The van der Waals surface area contributed by atoms with Crippen LogP contribution in [0.1, 0.15) is 6.92 Å². The molecule has 0 aliphatic carbocycles. The molecular weight excluding hydrogens is 361 g/mol. The Hall–Kier alpha value is -2.16. The molecule has 6 nitrogen and oxygen atoms in total. The predicted molar refractivity (Wildman–Crippen MR) is 96.4 cm³/mol. The summed E-state index contributed by atoms with van der Waals surface area (Å²) in [6, 6.07) is 6.07. The van der Waals surface area contributed by atoms with Crippen LogP contribution in [-0.2, 0) is 0 Å². The summed E-state index contributed by atoms with van der Waals surface area (Å²) < 4.78 is 50.2. The number of piperazine rings is 1. The van der Waals surface area contributed by atoms with Crippen molar-refractivity contribution in [3.8, 4) is 11.5 Å². The monoisotopic (exact) mass is 386 g/mol. The number of rotatable bonds is 3. The van der Waals surface area contributed by atoms with Crippen molar-refractivity contribution < 1.29 is 22.6 Å². The third-order valence-corrected chi connectivity index (χ3v) is 4.90. The second-order valence-electron chi connectivity index (χ2n) is 6.67. The number of hydrogen-bond acceptors (Lipinski definition) is 4. The highest BCUT2D eigenvalue weighted by atomic mass is 19.4. The van der Waals surface area contributed by atoms with Crippen molar-refractivity contribution in [2.45, 2.75) is 25.2 Å². The van der Waals surface area contributed by atoms with Gasteiger partial charge in [-0.15, -0.1) is 0 Å². The van der Waals surface area contributed by atoms with E-state index in [2.05, 4.69) is 10.3 Å². The Labute approximate surface area is 156 Å². The Morgan fingerprint density at radius 3 is 2.52 bits per heavy atom. The number of ether oxygens (including phenoxy) is 2. The molecule has 2 atom stereocenters. The first kappa shape index (κ1) is 19.6. The van der Waals surface area contributed by atoms with E-state index in [0.29, 0.717) is 51.0 Å². The molecule has 0 radical (unpaired) electrons. The van der Waals surface area contributed by atoms with Crippen LogP contribution in [0, 0.1) is 0 Å².